The monoisotopic (exact) mass is 306 g/mol. The van der Waals surface area contributed by atoms with Gasteiger partial charge in [0.2, 0.25) is 0 Å². The number of thiazole rings is 1. The normalized spacial score (nSPS) is 12.1. The van der Waals surface area contributed by atoms with Crippen LogP contribution in [-0.2, 0) is 5.41 Å². The summed E-state index contributed by atoms with van der Waals surface area (Å²) in [6.45, 7) is 14.7. The van der Waals surface area contributed by atoms with Crippen molar-refractivity contribution in [2.45, 2.75) is 47.0 Å². The molecule has 0 aliphatic heterocycles. The van der Waals surface area contributed by atoms with Gasteiger partial charge in [-0.1, -0.05) is 46.0 Å². The third-order valence-corrected chi connectivity index (χ3v) is 4.17. The standard InChI is InChI=1S/C17H26N2OS/c1-7-18-16-19-13-8-12(17(4,5)6)14(9-15(13)21-16)20-10-11(2)3/h8-9,11H,7,10H2,1-6H3,(H,18,19). The molecule has 116 valence electrons. The first-order valence-corrected chi connectivity index (χ1v) is 8.44. The zero-order chi connectivity index (χ0) is 15.6. The molecule has 1 aromatic heterocycles. The fraction of sp³-hybridized carbons (Fsp3) is 0.588. The van der Waals surface area contributed by atoms with Crippen molar-refractivity contribution in [3.05, 3.63) is 17.7 Å². The van der Waals surface area contributed by atoms with Gasteiger partial charge in [-0.3, -0.25) is 0 Å². The molecule has 0 spiro atoms. The molecule has 2 rings (SSSR count). The van der Waals surface area contributed by atoms with Gasteiger partial charge in [0.25, 0.3) is 0 Å². The highest BCUT2D eigenvalue weighted by Crippen LogP contribution is 2.38. The third kappa shape index (κ3) is 3.88. The molecule has 0 bridgehead atoms. The molecule has 0 fully saturated rings. The van der Waals surface area contributed by atoms with E-state index in [0.717, 1.165) is 29.5 Å². The zero-order valence-electron chi connectivity index (χ0n) is 13.9. The molecule has 0 unspecified atom stereocenters. The maximum Gasteiger partial charge on any atom is 0.183 e. The number of anilines is 1. The minimum Gasteiger partial charge on any atom is -0.493 e. The predicted molar refractivity (Wildman–Crippen MR) is 92.8 cm³/mol. The first-order valence-electron chi connectivity index (χ1n) is 7.63. The molecule has 3 nitrogen and oxygen atoms in total. The van der Waals surface area contributed by atoms with Crippen LogP contribution in [0.1, 0.15) is 47.1 Å². The van der Waals surface area contributed by atoms with Crippen LogP contribution in [0.2, 0.25) is 0 Å². The molecular formula is C17H26N2OS. The summed E-state index contributed by atoms with van der Waals surface area (Å²) in [6.07, 6.45) is 0. The van der Waals surface area contributed by atoms with Gasteiger partial charge in [0.05, 0.1) is 16.8 Å². The maximum absolute atomic E-state index is 6.06. The van der Waals surface area contributed by atoms with Crippen molar-refractivity contribution in [2.24, 2.45) is 5.92 Å². The lowest BCUT2D eigenvalue weighted by Gasteiger charge is -2.23. The lowest BCUT2D eigenvalue weighted by atomic mass is 9.86. The molecule has 1 heterocycles. The fourth-order valence-electron chi connectivity index (χ4n) is 2.14. The van der Waals surface area contributed by atoms with Gasteiger partial charge in [-0.05, 0) is 30.4 Å². The Bertz CT molecular complexity index is 611. The SMILES string of the molecule is CCNc1nc2cc(C(C)(C)C)c(OCC(C)C)cc2s1. The third-order valence-electron chi connectivity index (χ3n) is 3.20. The van der Waals surface area contributed by atoms with E-state index in [1.165, 1.54) is 10.3 Å². The smallest absolute Gasteiger partial charge is 0.183 e. The molecule has 21 heavy (non-hydrogen) atoms. The maximum atomic E-state index is 6.06. The summed E-state index contributed by atoms with van der Waals surface area (Å²) in [5, 5.41) is 4.27. The Morgan fingerprint density at radius 3 is 2.57 bits per heavy atom. The highest BCUT2D eigenvalue weighted by Gasteiger charge is 2.21. The lowest BCUT2D eigenvalue weighted by Crippen LogP contribution is -2.15. The van der Waals surface area contributed by atoms with Crippen molar-refractivity contribution < 1.29 is 4.74 Å². The van der Waals surface area contributed by atoms with Crippen LogP contribution in [0.4, 0.5) is 5.13 Å². The van der Waals surface area contributed by atoms with Crippen LogP contribution >= 0.6 is 11.3 Å². The molecule has 0 atom stereocenters. The van der Waals surface area contributed by atoms with Crippen LogP contribution in [-0.4, -0.2) is 18.1 Å². The van der Waals surface area contributed by atoms with E-state index in [1.54, 1.807) is 11.3 Å². The molecule has 1 aromatic carbocycles. The number of benzene rings is 1. The van der Waals surface area contributed by atoms with E-state index in [1.807, 2.05) is 0 Å². The summed E-state index contributed by atoms with van der Waals surface area (Å²) in [6, 6.07) is 4.33. The molecule has 0 saturated carbocycles. The van der Waals surface area contributed by atoms with Crippen molar-refractivity contribution in [2.75, 3.05) is 18.5 Å². The van der Waals surface area contributed by atoms with Crippen molar-refractivity contribution in [1.29, 1.82) is 0 Å². The van der Waals surface area contributed by atoms with Crippen molar-refractivity contribution >= 4 is 26.7 Å². The van der Waals surface area contributed by atoms with Crippen LogP contribution in [0.3, 0.4) is 0 Å². The van der Waals surface area contributed by atoms with E-state index >= 15 is 0 Å². The molecule has 0 aliphatic rings. The van der Waals surface area contributed by atoms with Crippen LogP contribution in [0.15, 0.2) is 12.1 Å². The van der Waals surface area contributed by atoms with Crippen LogP contribution in [0.25, 0.3) is 10.2 Å². The molecular weight excluding hydrogens is 280 g/mol. The number of fused-ring (bicyclic) bond motifs is 1. The number of hydrogen-bond acceptors (Lipinski definition) is 4. The second-order valence-electron chi connectivity index (χ2n) is 6.82. The summed E-state index contributed by atoms with van der Waals surface area (Å²) in [5.74, 6) is 1.52. The minimum absolute atomic E-state index is 0.0441. The molecule has 0 aliphatic carbocycles. The Kier molecular flexibility index (Phi) is 4.77. The van der Waals surface area contributed by atoms with Gasteiger partial charge >= 0.3 is 0 Å². The summed E-state index contributed by atoms with van der Waals surface area (Å²) < 4.78 is 7.24. The van der Waals surface area contributed by atoms with E-state index in [9.17, 15) is 0 Å². The van der Waals surface area contributed by atoms with Gasteiger partial charge in [-0.25, -0.2) is 4.98 Å². The van der Waals surface area contributed by atoms with Gasteiger partial charge in [0.1, 0.15) is 5.75 Å². The molecule has 0 saturated heterocycles. The minimum atomic E-state index is 0.0441. The highest BCUT2D eigenvalue weighted by molar-refractivity contribution is 7.22. The van der Waals surface area contributed by atoms with E-state index < -0.39 is 0 Å². The lowest BCUT2D eigenvalue weighted by molar-refractivity contribution is 0.265. The Hall–Kier alpha value is -1.29. The number of rotatable bonds is 5. The Morgan fingerprint density at radius 2 is 2.00 bits per heavy atom. The largest absolute Gasteiger partial charge is 0.493 e. The van der Waals surface area contributed by atoms with Gasteiger partial charge in [-0.15, -0.1) is 0 Å². The fourth-order valence-corrected chi connectivity index (χ4v) is 3.09. The molecule has 1 N–H and O–H groups in total. The summed E-state index contributed by atoms with van der Waals surface area (Å²) in [4.78, 5) is 4.66. The van der Waals surface area contributed by atoms with E-state index in [2.05, 4.69) is 64.0 Å². The Labute approximate surface area is 131 Å². The Balaban J connectivity index is 2.47. The average molecular weight is 306 g/mol. The number of nitrogens with one attached hydrogen (secondary N) is 1. The number of aromatic nitrogens is 1. The first kappa shape index (κ1) is 16.1. The predicted octanol–water partition coefficient (Wildman–Crippen LogP) is 5.06. The first-order chi connectivity index (χ1) is 9.81. The number of ether oxygens (including phenoxy) is 1. The summed E-state index contributed by atoms with van der Waals surface area (Å²) >= 11 is 1.69. The summed E-state index contributed by atoms with van der Waals surface area (Å²) in [5.41, 5.74) is 2.32. The number of nitrogens with zero attached hydrogens (tertiary/aromatic N) is 1. The van der Waals surface area contributed by atoms with Gasteiger partial charge in [0.15, 0.2) is 5.13 Å². The topological polar surface area (TPSA) is 34.2 Å². The molecule has 2 aromatic rings. The van der Waals surface area contributed by atoms with E-state index in [-0.39, 0.29) is 5.41 Å². The zero-order valence-corrected chi connectivity index (χ0v) is 14.7. The van der Waals surface area contributed by atoms with E-state index in [4.69, 9.17) is 4.74 Å². The summed E-state index contributed by atoms with van der Waals surface area (Å²) in [7, 11) is 0. The number of hydrogen-bond donors (Lipinski definition) is 1. The molecule has 0 amide bonds. The van der Waals surface area contributed by atoms with Crippen molar-refractivity contribution in [1.82, 2.24) is 4.98 Å². The van der Waals surface area contributed by atoms with Gasteiger partial charge < -0.3 is 10.1 Å². The molecule has 0 radical (unpaired) electrons. The van der Waals surface area contributed by atoms with Crippen molar-refractivity contribution in [3.8, 4) is 5.75 Å². The van der Waals surface area contributed by atoms with Crippen LogP contribution in [0, 0.1) is 5.92 Å². The second kappa shape index (κ2) is 6.22. The quantitative estimate of drug-likeness (QED) is 0.838. The average Bonchev–Trinajstić information content (AvgIpc) is 2.75. The van der Waals surface area contributed by atoms with Crippen LogP contribution < -0.4 is 10.1 Å². The van der Waals surface area contributed by atoms with Crippen molar-refractivity contribution in [3.63, 3.8) is 0 Å². The van der Waals surface area contributed by atoms with Crippen LogP contribution in [0.5, 0.6) is 5.75 Å². The van der Waals surface area contributed by atoms with Gasteiger partial charge in [0, 0.05) is 12.1 Å². The van der Waals surface area contributed by atoms with Gasteiger partial charge in [-0.2, -0.15) is 0 Å². The molecule has 4 heteroatoms. The van der Waals surface area contributed by atoms with E-state index in [0.29, 0.717) is 5.92 Å². The second-order valence-corrected chi connectivity index (χ2v) is 7.85. The Morgan fingerprint density at radius 1 is 1.29 bits per heavy atom. The highest BCUT2D eigenvalue weighted by atomic mass is 32.1.